The number of aliphatic carboxylic acids is 1. The second-order valence-electron chi connectivity index (χ2n) is 4.20. The molecule has 1 aliphatic rings. The van der Waals surface area contributed by atoms with Crippen LogP contribution in [0.15, 0.2) is 6.07 Å². The van der Waals surface area contributed by atoms with Crippen molar-refractivity contribution in [1.82, 2.24) is 15.1 Å². The Morgan fingerprint density at radius 3 is 2.82 bits per heavy atom. The van der Waals surface area contributed by atoms with Crippen LogP contribution in [-0.2, 0) is 4.79 Å². The fourth-order valence-electron chi connectivity index (χ4n) is 1.70. The van der Waals surface area contributed by atoms with Gasteiger partial charge in [0.15, 0.2) is 0 Å². The molecule has 1 saturated carbocycles. The van der Waals surface area contributed by atoms with Crippen LogP contribution < -0.4 is 0 Å². The van der Waals surface area contributed by atoms with Crippen molar-refractivity contribution in [2.75, 3.05) is 13.1 Å². The van der Waals surface area contributed by atoms with E-state index in [4.69, 9.17) is 5.11 Å². The van der Waals surface area contributed by atoms with Gasteiger partial charge in [-0.1, -0.05) is 0 Å². The van der Waals surface area contributed by atoms with E-state index in [1.807, 2.05) is 0 Å². The molecule has 0 bridgehead atoms. The van der Waals surface area contributed by atoms with Crippen LogP contribution in [0, 0.1) is 0 Å². The van der Waals surface area contributed by atoms with Crippen LogP contribution in [-0.4, -0.2) is 45.2 Å². The van der Waals surface area contributed by atoms with Gasteiger partial charge in [-0.2, -0.15) is 5.10 Å². The van der Waals surface area contributed by atoms with Crippen LogP contribution >= 0.6 is 0 Å². The molecule has 92 valence electrons. The van der Waals surface area contributed by atoms with Crippen LogP contribution in [0.4, 0.5) is 0 Å². The van der Waals surface area contributed by atoms with Crippen molar-refractivity contribution in [3.63, 3.8) is 0 Å². The lowest BCUT2D eigenvalue weighted by Crippen LogP contribution is -2.35. The number of rotatable bonds is 5. The van der Waals surface area contributed by atoms with E-state index in [1.165, 1.54) is 4.90 Å². The lowest BCUT2D eigenvalue weighted by molar-refractivity contribution is -0.137. The summed E-state index contributed by atoms with van der Waals surface area (Å²) < 4.78 is 0. The summed E-state index contributed by atoms with van der Waals surface area (Å²) in [6.45, 7) is 1.81. The van der Waals surface area contributed by atoms with Gasteiger partial charge in [0, 0.05) is 18.2 Å². The molecular formula is C11H15N3O3. The first-order chi connectivity index (χ1) is 8.11. The molecule has 0 spiro atoms. The van der Waals surface area contributed by atoms with Crippen LogP contribution in [0.1, 0.15) is 41.9 Å². The number of carboxylic acid groups (broad SMARTS) is 1. The van der Waals surface area contributed by atoms with Gasteiger partial charge in [-0.3, -0.25) is 14.7 Å². The van der Waals surface area contributed by atoms with Crippen molar-refractivity contribution in [2.45, 2.75) is 25.7 Å². The SMILES string of the molecule is CCN(CC(=O)O)C(=O)c1cc(C2CC2)[nH]n1. The van der Waals surface area contributed by atoms with E-state index in [-0.39, 0.29) is 12.5 Å². The standard InChI is InChI=1S/C11H15N3O3/c1-2-14(6-10(15)16)11(17)9-5-8(12-13-9)7-3-4-7/h5,7H,2-4,6H2,1H3,(H,12,13)(H,15,16). The molecule has 1 aromatic heterocycles. The molecule has 0 unspecified atom stereocenters. The Bertz CT molecular complexity index is 437. The van der Waals surface area contributed by atoms with Gasteiger partial charge in [0.2, 0.25) is 0 Å². The number of likely N-dealkylation sites (N-methyl/N-ethyl adjacent to an activating group) is 1. The Morgan fingerprint density at radius 1 is 1.59 bits per heavy atom. The smallest absolute Gasteiger partial charge is 0.323 e. The zero-order valence-electron chi connectivity index (χ0n) is 9.64. The Kier molecular flexibility index (Phi) is 3.12. The van der Waals surface area contributed by atoms with Crippen molar-refractivity contribution in [2.24, 2.45) is 0 Å². The third-order valence-electron chi connectivity index (χ3n) is 2.83. The van der Waals surface area contributed by atoms with Gasteiger partial charge >= 0.3 is 5.97 Å². The Labute approximate surface area is 98.6 Å². The Hall–Kier alpha value is -1.85. The molecule has 1 amide bonds. The first kappa shape index (κ1) is 11.6. The maximum atomic E-state index is 11.9. The normalized spacial score (nSPS) is 14.6. The molecule has 0 aromatic carbocycles. The van der Waals surface area contributed by atoms with Gasteiger partial charge in [0.25, 0.3) is 5.91 Å². The topological polar surface area (TPSA) is 86.3 Å². The van der Waals surface area contributed by atoms with Crippen LogP contribution in [0.2, 0.25) is 0 Å². The number of nitrogens with zero attached hydrogens (tertiary/aromatic N) is 2. The minimum Gasteiger partial charge on any atom is -0.480 e. The summed E-state index contributed by atoms with van der Waals surface area (Å²) in [6.07, 6.45) is 2.25. The largest absolute Gasteiger partial charge is 0.480 e. The molecule has 2 rings (SSSR count). The molecule has 6 nitrogen and oxygen atoms in total. The second-order valence-corrected chi connectivity index (χ2v) is 4.20. The Balaban J connectivity index is 2.07. The van der Waals surface area contributed by atoms with Gasteiger partial charge in [0.1, 0.15) is 12.2 Å². The highest BCUT2D eigenvalue weighted by molar-refractivity contribution is 5.94. The number of hydrogen-bond acceptors (Lipinski definition) is 3. The van der Waals surface area contributed by atoms with E-state index in [1.54, 1.807) is 13.0 Å². The predicted molar refractivity (Wildman–Crippen MR) is 59.8 cm³/mol. The summed E-state index contributed by atoms with van der Waals surface area (Å²) in [5, 5.41) is 15.5. The summed E-state index contributed by atoms with van der Waals surface area (Å²) in [4.78, 5) is 23.8. The molecule has 2 N–H and O–H groups in total. The van der Waals surface area contributed by atoms with E-state index >= 15 is 0 Å². The first-order valence-corrected chi connectivity index (χ1v) is 5.68. The van der Waals surface area contributed by atoms with Gasteiger partial charge in [-0.15, -0.1) is 0 Å². The summed E-state index contributed by atoms with van der Waals surface area (Å²) in [5.41, 5.74) is 1.27. The van der Waals surface area contributed by atoms with Crippen LogP contribution in [0.25, 0.3) is 0 Å². The molecule has 1 aromatic rings. The van der Waals surface area contributed by atoms with E-state index in [0.29, 0.717) is 18.2 Å². The lowest BCUT2D eigenvalue weighted by Gasteiger charge is -2.16. The maximum Gasteiger partial charge on any atom is 0.323 e. The lowest BCUT2D eigenvalue weighted by atomic mass is 10.2. The molecule has 17 heavy (non-hydrogen) atoms. The summed E-state index contributed by atoms with van der Waals surface area (Å²) in [5.74, 6) is -0.852. The number of hydrogen-bond donors (Lipinski definition) is 2. The quantitative estimate of drug-likeness (QED) is 0.794. The fraction of sp³-hybridized carbons (Fsp3) is 0.545. The van der Waals surface area contributed by atoms with Gasteiger partial charge in [-0.25, -0.2) is 0 Å². The van der Waals surface area contributed by atoms with E-state index < -0.39 is 5.97 Å². The highest BCUT2D eigenvalue weighted by atomic mass is 16.4. The average molecular weight is 237 g/mol. The number of H-pyrrole nitrogens is 1. The summed E-state index contributed by atoms with van der Waals surface area (Å²) in [7, 11) is 0. The zero-order chi connectivity index (χ0) is 12.4. The molecule has 0 saturated heterocycles. The molecule has 1 heterocycles. The molecule has 1 aliphatic carbocycles. The molecular weight excluding hydrogens is 222 g/mol. The van der Waals surface area contributed by atoms with E-state index in [2.05, 4.69) is 10.2 Å². The fourth-order valence-corrected chi connectivity index (χ4v) is 1.70. The van der Waals surface area contributed by atoms with E-state index in [9.17, 15) is 9.59 Å². The van der Waals surface area contributed by atoms with Crippen LogP contribution in [0.3, 0.4) is 0 Å². The minimum absolute atomic E-state index is 0.291. The molecule has 0 radical (unpaired) electrons. The van der Waals surface area contributed by atoms with Crippen molar-refractivity contribution < 1.29 is 14.7 Å². The number of carbonyl (C=O) groups excluding carboxylic acids is 1. The summed E-state index contributed by atoms with van der Waals surface area (Å²) >= 11 is 0. The molecule has 1 fully saturated rings. The third-order valence-corrected chi connectivity index (χ3v) is 2.83. The van der Waals surface area contributed by atoms with Crippen molar-refractivity contribution in [3.8, 4) is 0 Å². The Morgan fingerprint density at radius 2 is 2.29 bits per heavy atom. The molecule has 0 atom stereocenters. The second kappa shape index (κ2) is 4.57. The number of amides is 1. The van der Waals surface area contributed by atoms with Crippen LogP contribution in [0.5, 0.6) is 0 Å². The van der Waals surface area contributed by atoms with Crippen molar-refractivity contribution >= 4 is 11.9 Å². The predicted octanol–water partition coefficient (Wildman–Crippen LogP) is 0.834. The van der Waals surface area contributed by atoms with Gasteiger partial charge in [0.05, 0.1) is 0 Å². The van der Waals surface area contributed by atoms with Gasteiger partial charge in [-0.05, 0) is 25.8 Å². The third kappa shape index (κ3) is 2.64. The minimum atomic E-state index is -1.02. The highest BCUT2D eigenvalue weighted by Gasteiger charge is 2.27. The maximum absolute atomic E-state index is 11.9. The monoisotopic (exact) mass is 237 g/mol. The number of aromatic amines is 1. The molecule has 0 aliphatic heterocycles. The number of aromatic nitrogens is 2. The summed E-state index contributed by atoms with van der Waals surface area (Å²) in [6, 6.07) is 1.73. The number of carboxylic acids is 1. The van der Waals surface area contributed by atoms with E-state index in [0.717, 1.165) is 18.5 Å². The van der Waals surface area contributed by atoms with Crippen molar-refractivity contribution in [3.05, 3.63) is 17.5 Å². The average Bonchev–Trinajstić information content (AvgIpc) is 3.03. The highest BCUT2D eigenvalue weighted by Crippen LogP contribution is 2.39. The first-order valence-electron chi connectivity index (χ1n) is 5.68. The number of carbonyl (C=O) groups is 2. The number of nitrogens with one attached hydrogen (secondary N) is 1. The van der Waals surface area contributed by atoms with Gasteiger partial charge < -0.3 is 10.0 Å². The molecule has 6 heteroatoms. The van der Waals surface area contributed by atoms with Crippen molar-refractivity contribution in [1.29, 1.82) is 0 Å². The zero-order valence-corrected chi connectivity index (χ0v) is 9.64.